The van der Waals surface area contributed by atoms with Gasteiger partial charge in [-0.05, 0) is 12.8 Å². The monoisotopic (exact) mass is 289 g/mol. The van der Waals surface area contributed by atoms with Gasteiger partial charge in [0.15, 0.2) is 5.13 Å². The van der Waals surface area contributed by atoms with Gasteiger partial charge in [0, 0.05) is 18.1 Å². The van der Waals surface area contributed by atoms with E-state index in [1.165, 1.54) is 15.6 Å². The number of carbonyl (C=O) groups excluding carboxylic acids is 1. The van der Waals surface area contributed by atoms with E-state index in [0.717, 1.165) is 19.1 Å². The van der Waals surface area contributed by atoms with Crippen LogP contribution in [0.4, 0.5) is 5.13 Å². The molecule has 0 bridgehead atoms. The first-order chi connectivity index (χ1) is 8.48. The van der Waals surface area contributed by atoms with Crippen LogP contribution in [0.1, 0.15) is 19.3 Å². The lowest BCUT2D eigenvalue weighted by atomic mass is 10.0. The fraction of sp³-hybridized carbons (Fsp3) is 0.600. The Balaban J connectivity index is 2.11. The molecule has 1 saturated heterocycles. The average Bonchev–Trinajstić information content (AvgIpc) is 2.80. The van der Waals surface area contributed by atoms with Crippen molar-refractivity contribution in [3.05, 3.63) is 11.6 Å². The van der Waals surface area contributed by atoms with Gasteiger partial charge in [-0.1, -0.05) is 6.42 Å². The van der Waals surface area contributed by atoms with Crippen molar-refractivity contribution in [2.24, 2.45) is 0 Å². The molecule has 2 heterocycles. The molecule has 0 aromatic carbocycles. The van der Waals surface area contributed by atoms with Crippen LogP contribution >= 0.6 is 11.3 Å². The minimum atomic E-state index is -3.34. The molecule has 0 saturated carbocycles. The van der Waals surface area contributed by atoms with Crippen molar-refractivity contribution in [3.8, 4) is 0 Å². The van der Waals surface area contributed by atoms with Gasteiger partial charge in [0.25, 0.3) is 0 Å². The third-order valence-electron chi connectivity index (χ3n) is 2.84. The molecule has 18 heavy (non-hydrogen) atoms. The Morgan fingerprint density at radius 3 is 2.94 bits per heavy atom. The van der Waals surface area contributed by atoms with Crippen LogP contribution in [0.3, 0.4) is 0 Å². The van der Waals surface area contributed by atoms with Gasteiger partial charge in [0.2, 0.25) is 15.9 Å². The zero-order chi connectivity index (χ0) is 13.2. The molecular weight excluding hydrogens is 274 g/mol. The van der Waals surface area contributed by atoms with Crippen LogP contribution in [0.15, 0.2) is 11.6 Å². The lowest BCUT2D eigenvalue weighted by Crippen LogP contribution is -2.49. The zero-order valence-electron chi connectivity index (χ0n) is 10.00. The Morgan fingerprint density at radius 1 is 1.56 bits per heavy atom. The van der Waals surface area contributed by atoms with Crippen LogP contribution < -0.4 is 5.32 Å². The molecule has 2 rings (SSSR count). The summed E-state index contributed by atoms with van der Waals surface area (Å²) in [6.45, 7) is 0.411. The smallest absolute Gasteiger partial charge is 0.244 e. The second-order valence-electron chi connectivity index (χ2n) is 4.21. The number of piperidine rings is 1. The summed E-state index contributed by atoms with van der Waals surface area (Å²) in [5, 5.41) is 4.91. The number of sulfonamides is 1. The van der Waals surface area contributed by atoms with E-state index in [2.05, 4.69) is 10.3 Å². The maximum absolute atomic E-state index is 12.1. The van der Waals surface area contributed by atoms with Crippen molar-refractivity contribution in [1.29, 1.82) is 0 Å². The summed E-state index contributed by atoms with van der Waals surface area (Å²) in [5.41, 5.74) is 0. The fourth-order valence-corrected chi connectivity index (χ4v) is 3.69. The van der Waals surface area contributed by atoms with Gasteiger partial charge >= 0.3 is 0 Å². The molecule has 1 aromatic rings. The van der Waals surface area contributed by atoms with Gasteiger partial charge in [0.1, 0.15) is 6.04 Å². The van der Waals surface area contributed by atoms with E-state index in [9.17, 15) is 13.2 Å². The Kier molecular flexibility index (Phi) is 3.98. The summed E-state index contributed by atoms with van der Waals surface area (Å²) in [6.07, 6.45) is 4.96. The molecule has 100 valence electrons. The summed E-state index contributed by atoms with van der Waals surface area (Å²) in [7, 11) is -3.34. The van der Waals surface area contributed by atoms with Gasteiger partial charge in [-0.3, -0.25) is 4.79 Å². The highest BCUT2D eigenvalue weighted by Gasteiger charge is 2.34. The zero-order valence-corrected chi connectivity index (χ0v) is 11.6. The molecule has 6 nitrogen and oxygen atoms in total. The van der Waals surface area contributed by atoms with Crippen molar-refractivity contribution in [2.75, 3.05) is 18.1 Å². The lowest BCUT2D eigenvalue weighted by Gasteiger charge is -2.32. The molecule has 0 radical (unpaired) electrons. The highest BCUT2D eigenvalue weighted by atomic mass is 32.2. The Hall–Kier alpha value is -0.990. The standard InChI is InChI=1S/C10H15N3O3S2/c1-18(15,16)13-6-3-2-4-8(13)9(14)12-10-11-5-7-17-10/h5,7-8H,2-4,6H2,1H3,(H,11,12,14)/t8-/m0/s1. The second kappa shape index (κ2) is 5.33. The van der Waals surface area contributed by atoms with E-state index in [4.69, 9.17) is 0 Å². The van der Waals surface area contributed by atoms with Gasteiger partial charge in [-0.15, -0.1) is 11.3 Å². The summed E-state index contributed by atoms with van der Waals surface area (Å²) >= 11 is 1.31. The van der Waals surface area contributed by atoms with Crippen LogP contribution in [0.5, 0.6) is 0 Å². The topological polar surface area (TPSA) is 79.4 Å². The van der Waals surface area contributed by atoms with Crippen LogP contribution in [-0.2, 0) is 14.8 Å². The molecule has 8 heteroatoms. The third-order valence-corrected chi connectivity index (χ3v) is 4.82. The van der Waals surface area contributed by atoms with E-state index >= 15 is 0 Å². The maximum Gasteiger partial charge on any atom is 0.244 e. The highest BCUT2D eigenvalue weighted by Crippen LogP contribution is 2.21. The third kappa shape index (κ3) is 3.06. The summed E-state index contributed by atoms with van der Waals surface area (Å²) in [6, 6.07) is -0.613. The van der Waals surface area contributed by atoms with E-state index < -0.39 is 16.1 Å². The number of carbonyl (C=O) groups is 1. The predicted octanol–water partition coefficient (Wildman–Crippen LogP) is 0.896. The molecule has 0 unspecified atom stereocenters. The van der Waals surface area contributed by atoms with Gasteiger partial charge in [-0.25, -0.2) is 13.4 Å². The lowest BCUT2D eigenvalue weighted by molar-refractivity contribution is -0.120. The summed E-state index contributed by atoms with van der Waals surface area (Å²) in [4.78, 5) is 16.0. The highest BCUT2D eigenvalue weighted by molar-refractivity contribution is 7.88. The van der Waals surface area contributed by atoms with Crippen molar-refractivity contribution in [3.63, 3.8) is 0 Å². The molecule has 0 spiro atoms. The van der Waals surface area contributed by atoms with E-state index in [1.807, 2.05) is 0 Å². The molecule has 1 amide bonds. The number of anilines is 1. The number of hydrogen-bond acceptors (Lipinski definition) is 5. The summed E-state index contributed by atoms with van der Waals surface area (Å²) < 4.78 is 24.6. The Morgan fingerprint density at radius 2 is 2.33 bits per heavy atom. The van der Waals surface area contributed by atoms with Gasteiger partial charge < -0.3 is 5.32 Å². The minimum Gasteiger partial charge on any atom is -0.301 e. The van der Waals surface area contributed by atoms with Crippen molar-refractivity contribution in [2.45, 2.75) is 25.3 Å². The number of aromatic nitrogens is 1. The Labute approximate surface area is 110 Å². The SMILES string of the molecule is CS(=O)(=O)N1CCCC[C@H]1C(=O)Nc1nccs1. The maximum atomic E-state index is 12.1. The first-order valence-corrected chi connectivity index (χ1v) is 8.38. The molecule has 1 aliphatic heterocycles. The number of amides is 1. The number of rotatable bonds is 3. The van der Waals surface area contributed by atoms with Crippen LogP contribution in [0.25, 0.3) is 0 Å². The van der Waals surface area contributed by atoms with E-state index in [0.29, 0.717) is 18.1 Å². The molecule has 1 aromatic heterocycles. The number of nitrogens with zero attached hydrogens (tertiary/aromatic N) is 2. The largest absolute Gasteiger partial charge is 0.301 e. The van der Waals surface area contributed by atoms with Crippen LogP contribution in [-0.4, -0.2) is 42.5 Å². The number of nitrogens with one attached hydrogen (secondary N) is 1. The number of thiazole rings is 1. The van der Waals surface area contributed by atoms with E-state index in [1.54, 1.807) is 11.6 Å². The minimum absolute atomic E-state index is 0.296. The van der Waals surface area contributed by atoms with E-state index in [-0.39, 0.29) is 5.91 Å². The van der Waals surface area contributed by atoms with Crippen LogP contribution in [0.2, 0.25) is 0 Å². The predicted molar refractivity (Wildman–Crippen MR) is 69.9 cm³/mol. The molecule has 1 N–H and O–H groups in total. The first-order valence-electron chi connectivity index (χ1n) is 5.65. The molecule has 1 aliphatic rings. The molecule has 1 fully saturated rings. The molecular formula is C10H15N3O3S2. The van der Waals surface area contributed by atoms with Gasteiger partial charge in [-0.2, -0.15) is 4.31 Å². The van der Waals surface area contributed by atoms with Gasteiger partial charge in [0.05, 0.1) is 6.26 Å². The van der Waals surface area contributed by atoms with Crippen molar-refractivity contribution >= 4 is 32.4 Å². The Bertz CT molecular complexity index is 512. The van der Waals surface area contributed by atoms with Crippen LogP contribution in [0, 0.1) is 0 Å². The first kappa shape index (κ1) is 13.4. The van der Waals surface area contributed by atoms with Crippen molar-refractivity contribution in [1.82, 2.24) is 9.29 Å². The number of hydrogen-bond donors (Lipinski definition) is 1. The summed E-state index contributed by atoms with van der Waals surface area (Å²) in [5.74, 6) is -0.296. The normalized spacial score (nSPS) is 21.7. The fourth-order valence-electron chi connectivity index (χ4n) is 2.04. The second-order valence-corrected chi connectivity index (χ2v) is 7.04. The molecule has 0 aliphatic carbocycles. The van der Waals surface area contributed by atoms with Crippen molar-refractivity contribution < 1.29 is 13.2 Å². The quantitative estimate of drug-likeness (QED) is 0.896. The molecule has 1 atom stereocenters. The average molecular weight is 289 g/mol.